The number of nitriles is 1. The standard InChI is InChI=1S/C27H29ClFN9O3/c1-36-6-2-3-17(36)14-41-26-33-23-15(9-18-19-12-32-35-21(19)10-20(29)22(18)28)11-31-24(23)25(34-26)37-7-8-38(27(39)40)16(13-37)4-5-30/h10-12,16-17,31H,2-4,6-9,13-14H2,1H3,(H,32,35)(H,39,40). The van der Waals surface area contributed by atoms with E-state index in [0.29, 0.717) is 46.5 Å². The van der Waals surface area contributed by atoms with Crippen molar-refractivity contribution in [1.29, 1.82) is 5.26 Å². The van der Waals surface area contributed by atoms with E-state index in [9.17, 15) is 19.6 Å². The molecule has 14 heteroatoms. The summed E-state index contributed by atoms with van der Waals surface area (Å²) in [6, 6.07) is 3.36. The Morgan fingerprint density at radius 2 is 2.17 bits per heavy atom. The summed E-state index contributed by atoms with van der Waals surface area (Å²) in [6.45, 7) is 2.32. The number of carboxylic acid groups (broad SMARTS) is 1. The molecule has 214 valence electrons. The van der Waals surface area contributed by atoms with Crippen molar-refractivity contribution < 1.29 is 19.0 Å². The number of benzene rings is 1. The van der Waals surface area contributed by atoms with Crippen LogP contribution in [0.3, 0.4) is 0 Å². The first-order chi connectivity index (χ1) is 19.8. The summed E-state index contributed by atoms with van der Waals surface area (Å²) in [5.41, 5.74) is 3.12. The minimum atomic E-state index is -1.05. The number of nitrogens with zero attached hydrogens (tertiary/aromatic N) is 7. The molecule has 4 aromatic rings. The van der Waals surface area contributed by atoms with Crippen LogP contribution in [0, 0.1) is 17.1 Å². The molecule has 0 radical (unpaired) electrons. The summed E-state index contributed by atoms with van der Waals surface area (Å²) in [5, 5.41) is 26.6. The minimum Gasteiger partial charge on any atom is -0.465 e. The summed E-state index contributed by atoms with van der Waals surface area (Å²) in [4.78, 5) is 30.1. The fourth-order valence-corrected chi connectivity index (χ4v) is 6.08. The number of hydrogen-bond donors (Lipinski definition) is 3. The molecule has 5 heterocycles. The number of ether oxygens (including phenoxy) is 1. The lowest BCUT2D eigenvalue weighted by molar-refractivity contribution is 0.119. The van der Waals surface area contributed by atoms with Gasteiger partial charge < -0.3 is 29.5 Å². The zero-order valence-electron chi connectivity index (χ0n) is 22.4. The fourth-order valence-electron chi connectivity index (χ4n) is 5.85. The van der Waals surface area contributed by atoms with E-state index in [2.05, 4.69) is 33.2 Å². The molecule has 41 heavy (non-hydrogen) atoms. The summed E-state index contributed by atoms with van der Waals surface area (Å²) in [5.74, 6) is 0.0147. The van der Waals surface area contributed by atoms with Crippen LogP contribution in [0.1, 0.15) is 30.4 Å². The highest BCUT2D eigenvalue weighted by molar-refractivity contribution is 6.32. The van der Waals surface area contributed by atoms with Crippen LogP contribution in [0.25, 0.3) is 21.9 Å². The summed E-state index contributed by atoms with van der Waals surface area (Å²) >= 11 is 6.43. The number of likely N-dealkylation sites (N-methyl/N-ethyl adjacent to an activating group) is 1. The number of likely N-dealkylation sites (tertiary alicyclic amines) is 1. The maximum Gasteiger partial charge on any atom is 0.407 e. The molecule has 12 nitrogen and oxygen atoms in total. The predicted octanol–water partition coefficient (Wildman–Crippen LogP) is 3.77. The summed E-state index contributed by atoms with van der Waals surface area (Å²) in [6.07, 6.45) is 4.82. The van der Waals surface area contributed by atoms with Gasteiger partial charge in [-0.15, -0.1) is 0 Å². The SMILES string of the molecule is CN1CCCC1COc1nc(N2CCN(C(=O)O)C(CC#N)C2)c2[nH]cc(Cc3c(Cl)c(F)cc4[nH]ncc34)c2n1. The molecule has 1 aromatic carbocycles. The number of aromatic amines is 2. The van der Waals surface area contributed by atoms with E-state index >= 15 is 0 Å². The van der Waals surface area contributed by atoms with Gasteiger partial charge in [0, 0.05) is 55.3 Å². The molecule has 0 spiro atoms. The Morgan fingerprint density at radius 3 is 2.93 bits per heavy atom. The average molecular weight is 582 g/mol. The van der Waals surface area contributed by atoms with Gasteiger partial charge in [0.1, 0.15) is 23.5 Å². The van der Waals surface area contributed by atoms with Crippen LogP contribution >= 0.6 is 11.6 Å². The molecule has 2 atom stereocenters. The monoisotopic (exact) mass is 581 g/mol. The first kappa shape index (κ1) is 27.0. The first-order valence-electron chi connectivity index (χ1n) is 13.5. The van der Waals surface area contributed by atoms with Gasteiger partial charge >= 0.3 is 12.1 Å². The number of piperazine rings is 1. The third-order valence-electron chi connectivity index (χ3n) is 8.10. The number of hydrogen-bond acceptors (Lipinski definition) is 8. The largest absolute Gasteiger partial charge is 0.465 e. The molecule has 3 aromatic heterocycles. The van der Waals surface area contributed by atoms with Crippen molar-refractivity contribution in [2.45, 2.75) is 37.8 Å². The Hall–Kier alpha value is -4.15. The molecule has 2 aliphatic heterocycles. The molecule has 2 fully saturated rings. The van der Waals surface area contributed by atoms with E-state index in [1.54, 1.807) is 12.4 Å². The number of fused-ring (bicyclic) bond motifs is 2. The average Bonchev–Trinajstić information content (AvgIpc) is 3.69. The topological polar surface area (TPSA) is 150 Å². The van der Waals surface area contributed by atoms with E-state index in [-0.39, 0.29) is 43.0 Å². The number of rotatable bonds is 7. The van der Waals surface area contributed by atoms with Crippen LogP contribution in [0.4, 0.5) is 15.0 Å². The van der Waals surface area contributed by atoms with Crippen molar-refractivity contribution in [2.75, 3.05) is 44.7 Å². The number of halogens is 2. The number of anilines is 1. The lowest BCUT2D eigenvalue weighted by atomic mass is 10.0. The van der Waals surface area contributed by atoms with Crippen molar-refractivity contribution in [3.05, 3.63) is 40.4 Å². The van der Waals surface area contributed by atoms with Crippen LogP contribution in [-0.4, -0.2) is 98.1 Å². The number of H-pyrrole nitrogens is 2. The normalized spacial score (nSPS) is 19.8. The molecular formula is C27H29ClFN9O3. The third kappa shape index (κ3) is 5.09. The van der Waals surface area contributed by atoms with Crippen LogP contribution in [-0.2, 0) is 6.42 Å². The maximum atomic E-state index is 14.7. The molecule has 0 bridgehead atoms. The van der Waals surface area contributed by atoms with Crippen molar-refractivity contribution in [1.82, 2.24) is 34.9 Å². The Labute approximate surface area is 239 Å². The van der Waals surface area contributed by atoms with Gasteiger partial charge in [-0.1, -0.05) is 11.6 Å². The molecule has 2 saturated heterocycles. The molecule has 0 saturated carbocycles. The third-order valence-corrected chi connectivity index (χ3v) is 8.51. The zero-order valence-corrected chi connectivity index (χ0v) is 23.2. The number of aromatic nitrogens is 5. The highest BCUT2D eigenvalue weighted by Crippen LogP contribution is 2.34. The van der Waals surface area contributed by atoms with Crippen molar-refractivity contribution in [2.24, 2.45) is 0 Å². The predicted molar refractivity (Wildman–Crippen MR) is 150 cm³/mol. The Kier molecular flexibility index (Phi) is 7.27. The Bertz CT molecular complexity index is 1650. The van der Waals surface area contributed by atoms with Gasteiger partial charge in [-0.3, -0.25) is 5.10 Å². The molecule has 2 aliphatic rings. The smallest absolute Gasteiger partial charge is 0.407 e. The van der Waals surface area contributed by atoms with Gasteiger partial charge in [0.25, 0.3) is 0 Å². The van der Waals surface area contributed by atoms with Crippen molar-refractivity contribution in [3.8, 4) is 12.1 Å². The lowest BCUT2D eigenvalue weighted by Crippen LogP contribution is -2.55. The van der Waals surface area contributed by atoms with Gasteiger partial charge in [-0.05, 0) is 32.0 Å². The summed E-state index contributed by atoms with van der Waals surface area (Å²) in [7, 11) is 2.07. The molecule has 3 N–H and O–H groups in total. The van der Waals surface area contributed by atoms with Gasteiger partial charge in [0.05, 0.1) is 35.3 Å². The number of nitrogens with one attached hydrogen (secondary N) is 2. The first-order valence-corrected chi connectivity index (χ1v) is 13.8. The van der Waals surface area contributed by atoms with Gasteiger partial charge in [0.2, 0.25) is 0 Å². The van der Waals surface area contributed by atoms with Crippen LogP contribution in [0.2, 0.25) is 5.02 Å². The second kappa shape index (κ2) is 11.0. The Balaban J connectivity index is 1.40. The van der Waals surface area contributed by atoms with E-state index in [0.717, 1.165) is 24.9 Å². The van der Waals surface area contributed by atoms with Gasteiger partial charge in [-0.2, -0.15) is 20.3 Å². The van der Waals surface area contributed by atoms with Gasteiger partial charge in [0.15, 0.2) is 5.82 Å². The Morgan fingerprint density at radius 1 is 1.32 bits per heavy atom. The van der Waals surface area contributed by atoms with Crippen LogP contribution < -0.4 is 9.64 Å². The maximum absolute atomic E-state index is 14.7. The van der Waals surface area contributed by atoms with Crippen molar-refractivity contribution >= 4 is 45.4 Å². The van der Waals surface area contributed by atoms with Gasteiger partial charge in [-0.25, -0.2) is 9.18 Å². The van der Waals surface area contributed by atoms with E-state index in [1.807, 2.05) is 4.90 Å². The highest BCUT2D eigenvalue weighted by atomic mass is 35.5. The molecule has 0 aliphatic carbocycles. The molecule has 6 rings (SSSR count). The van der Waals surface area contributed by atoms with Crippen molar-refractivity contribution in [3.63, 3.8) is 0 Å². The van der Waals surface area contributed by atoms with Crippen LogP contribution in [0.5, 0.6) is 6.01 Å². The minimum absolute atomic E-state index is 0.0208. The second-order valence-corrected chi connectivity index (χ2v) is 10.9. The quantitative estimate of drug-likeness (QED) is 0.296. The summed E-state index contributed by atoms with van der Waals surface area (Å²) < 4.78 is 20.8. The zero-order chi connectivity index (χ0) is 28.7. The number of amides is 1. The fraction of sp³-hybridized carbons (Fsp3) is 0.444. The van der Waals surface area contributed by atoms with E-state index < -0.39 is 18.0 Å². The highest BCUT2D eigenvalue weighted by Gasteiger charge is 2.33. The molecule has 2 unspecified atom stereocenters. The van der Waals surface area contributed by atoms with Crippen LogP contribution in [0.15, 0.2) is 18.5 Å². The number of carbonyl (C=O) groups is 1. The molecular weight excluding hydrogens is 553 g/mol. The second-order valence-electron chi connectivity index (χ2n) is 10.6. The van der Waals surface area contributed by atoms with E-state index in [4.69, 9.17) is 26.3 Å². The van der Waals surface area contributed by atoms with E-state index in [1.165, 1.54) is 11.0 Å². The lowest BCUT2D eigenvalue weighted by Gasteiger charge is -2.39. The molecule has 1 amide bonds.